The van der Waals surface area contributed by atoms with Gasteiger partial charge in [-0.2, -0.15) is 0 Å². The van der Waals surface area contributed by atoms with E-state index in [0.717, 1.165) is 11.8 Å². The molecule has 19 heavy (non-hydrogen) atoms. The third-order valence-electron chi connectivity index (χ3n) is 2.80. The van der Waals surface area contributed by atoms with Gasteiger partial charge in [0.15, 0.2) is 17.4 Å². The zero-order valence-electron chi connectivity index (χ0n) is 9.88. The molecule has 3 aromatic rings. The molecule has 94 valence electrons. The van der Waals surface area contributed by atoms with Crippen molar-refractivity contribution < 1.29 is 8.91 Å². The minimum Gasteiger partial charge on any atom is -0.380 e. The van der Waals surface area contributed by atoms with Gasteiger partial charge in [-0.15, -0.1) is 0 Å². The summed E-state index contributed by atoms with van der Waals surface area (Å²) in [7, 11) is 0. The van der Waals surface area contributed by atoms with Gasteiger partial charge in [0.2, 0.25) is 0 Å². The zero-order chi connectivity index (χ0) is 13.2. The quantitative estimate of drug-likeness (QED) is 0.764. The van der Waals surface area contributed by atoms with Gasteiger partial charge in [-0.3, -0.25) is 4.98 Å². The number of rotatable bonds is 2. The van der Waals surface area contributed by atoms with Crippen LogP contribution in [-0.4, -0.2) is 10.1 Å². The van der Waals surface area contributed by atoms with E-state index in [1.54, 1.807) is 0 Å². The third kappa shape index (κ3) is 1.95. The lowest BCUT2D eigenvalue weighted by atomic mass is 10.0. The van der Waals surface area contributed by atoms with Gasteiger partial charge >= 0.3 is 0 Å². The number of hydrogen-bond donors (Lipinski definition) is 1. The first kappa shape index (κ1) is 11.4. The molecule has 2 aromatic heterocycles. The highest BCUT2D eigenvalue weighted by Crippen LogP contribution is 2.37. The summed E-state index contributed by atoms with van der Waals surface area (Å²) in [6.45, 7) is 0. The van der Waals surface area contributed by atoms with E-state index < -0.39 is 5.82 Å². The van der Waals surface area contributed by atoms with Gasteiger partial charge in [0.05, 0.1) is 17.3 Å². The van der Waals surface area contributed by atoms with Gasteiger partial charge in [0.1, 0.15) is 0 Å². The molecular weight excluding hydrogens is 245 g/mol. The van der Waals surface area contributed by atoms with Gasteiger partial charge < -0.3 is 10.3 Å². The smallest absolute Gasteiger partial charge is 0.179 e. The highest BCUT2D eigenvalue weighted by Gasteiger charge is 2.19. The highest BCUT2D eigenvalue weighted by molar-refractivity contribution is 5.86. The summed E-state index contributed by atoms with van der Waals surface area (Å²) >= 11 is 0. The largest absolute Gasteiger partial charge is 0.380 e. The first-order chi connectivity index (χ1) is 9.27. The van der Waals surface area contributed by atoms with Crippen molar-refractivity contribution in [2.24, 2.45) is 0 Å². The third-order valence-corrected chi connectivity index (χ3v) is 2.80. The van der Waals surface area contributed by atoms with Crippen LogP contribution in [0.25, 0.3) is 22.5 Å². The molecule has 0 fully saturated rings. The Hall–Kier alpha value is -2.69. The number of anilines is 1. The number of halogens is 1. The molecule has 0 aliphatic heterocycles. The highest BCUT2D eigenvalue weighted by atomic mass is 19.1. The van der Waals surface area contributed by atoms with Crippen LogP contribution in [0, 0.1) is 5.82 Å². The number of aromatic nitrogens is 2. The van der Waals surface area contributed by atoms with E-state index in [2.05, 4.69) is 10.1 Å². The Kier molecular flexibility index (Phi) is 2.72. The Labute approximate surface area is 108 Å². The Morgan fingerprint density at radius 3 is 2.63 bits per heavy atom. The first-order valence-corrected chi connectivity index (χ1v) is 5.68. The van der Waals surface area contributed by atoms with Crippen molar-refractivity contribution in [1.82, 2.24) is 10.1 Å². The molecule has 0 atom stereocenters. The topological polar surface area (TPSA) is 64.9 Å². The molecule has 0 amide bonds. The van der Waals surface area contributed by atoms with E-state index in [1.165, 1.54) is 12.3 Å². The molecule has 0 unspecified atom stereocenters. The number of nitrogens with two attached hydrogens (primary N) is 1. The summed E-state index contributed by atoms with van der Waals surface area (Å²) in [6, 6.07) is 10.9. The van der Waals surface area contributed by atoms with E-state index in [9.17, 15) is 4.39 Å². The lowest BCUT2D eigenvalue weighted by Crippen LogP contribution is -1.90. The predicted molar refractivity (Wildman–Crippen MR) is 69.5 cm³/mol. The van der Waals surface area contributed by atoms with Gasteiger partial charge in [-0.1, -0.05) is 35.5 Å². The molecule has 2 N–H and O–H groups in total. The van der Waals surface area contributed by atoms with Crippen LogP contribution in [0.5, 0.6) is 0 Å². The van der Waals surface area contributed by atoms with Crippen molar-refractivity contribution in [2.45, 2.75) is 0 Å². The molecule has 3 rings (SSSR count). The fourth-order valence-corrected chi connectivity index (χ4v) is 1.93. The lowest BCUT2D eigenvalue weighted by Gasteiger charge is -2.03. The normalized spacial score (nSPS) is 10.6. The first-order valence-electron chi connectivity index (χ1n) is 5.68. The number of nitrogens with zero attached hydrogens (tertiary/aromatic N) is 2. The SMILES string of the molecule is Nc1noc(-c2ccncc2F)c1-c1ccccc1. The second-order valence-electron chi connectivity index (χ2n) is 3.99. The van der Waals surface area contributed by atoms with Crippen LogP contribution < -0.4 is 5.73 Å². The molecule has 2 heterocycles. The summed E-state index contributed by atoms with van der Waals surface area (Å²) in [6.07, 6.45) is 2.62. The standard InChI is InChI=1S/C14H10FN3O/c15-11-8-17-7-6-10(11)13-12(14(16)18-19-13)9-4-2-1-3-5-9/h1-8H,(H2,16,18). The van der Waals surface area contributed by atoms with E-state index in [1.807, 2.05) is 30.3 Å². The lowest BCUT2D eigenvalue weighted by molar-refractivity contribution is 0.433. The molecular formula is C14H10FN3O. The van der Waals surface area contributed by atoms with Crippen LogP contribution in [0.4, 0.5) is 10.2 Å². The van der Waals surface area contributed by atoms with E-state index in [-0.39, 0.29) is 11.4 Å². The number of hydrogen-bond acceptors (Lipinski definition) is 4. The molecule has 0 spiro atoms. The van der Waals surface area contributed by atoms with Crippen molar-refractivity contribution in [3.63, 3.8) is 0 Å². The van der Waals surface area contributed by atoms with Gasteiger partial charge in [-0.05, 0) is 11.6 Å². The van der Waals surface area contributed by atoms with Crippen molar-refractivity contribution >= 4 is 5.82 Å². The average Bonchev–Trinajstić information content (AvgIpc) is 2.82. The fraction of sp³-hybridized carbons (Fsp3) is 0. The van der Waals surface area contributed by atoms with Gasteiger partial charge in [-0.25, -0.2) is 4.39 Å². The summed E-state index contributed by atoms with van der Waals surface area (Å²) in [5.41, 5.74) is 7.52. The van der Waals surface area contributed by atoms with Crippen LogP contribution in [0.1, 0.15) is 0 Å². The number of pyridine rings is 1. The fourth-order valence-electron chi connectivity index (χ4n) is 1.93. The van der Waals surface area contributed by atoms with E-state index in [4.69, 9.17) is 10.3 Å². The zero-order valence-corrected chi connectivity index (χ0v) is 9.88. The summed E-state index contributed by atoms with van der Waals surface area (Å²) in [5, 5.41) is 3.73. The number of benzene rings is 1. The molecule has 0 bridgehead atoms. The van der Waals surface area contributed by atoms with Crippen molar-refractivity contribution in [1.29, 1.82) is 0 Å². The summed E-state index contributed by atoms with van der Waals surface area (Å²) < 4.78 is 19.0. The van der Waals surface area contributed by atoms with Crippen molar-refractivity contribution in [3.8, 4) is 22.5 Å². The number of nitrogen functional groups attached to an aromatic ring is 1. The van der Waals surface area contributed by atoms with Gasteiger partial charge in [0, 0.05) is 6.20 Å². The second-order valence-corrected chi connectivity index (χ2v) is 3.99. The minimum atomic E-state index is -0.476. The molecule has 0 saturated carbocycles. The summed E-state index contributed by atoms with van der Waals surface area (Å²) in [5.74, 6) is 0.0665. The molecule has 4 nitrogen and oxygen atoms in total. The molecule has 0 saturated heterocycles. The second kappa shape index (κ2) is 4.53. The monoisotopic (exact) mass is 255 g/mol. The Morgan fingerprint density at radius 2 is 1.89 bits per heavy atom. The van der Waals surface area contributed by atoms with Crippen molar-refractivity contribution in [2.75, 3.05) is 5.73 Å². The molecule has 0 radical (unpaired) electrons. The summed E-state index contributed by atoms with van der Waals surface area (Å²) in [4.78, 5) is 3.71. The maximum Gasteiger partial charge on any atom is 0.179 e. The Morgan fingerprint density at radius 1 is 1.11 bits per heavy atom. The predicted octanol–water partition coefficient (Wildman–Crippen LogP) is 3.12. The van der Waals surface area contributed by atoms with Crippen molar-refractivity contribution in [3.05, 3.63) is 54.6 Å². The Bertz CT molecular complexity index is 710. The maximum atomic E-state index is 13.8. The molecule has 5 heteroatoms. The minimum absolute atomic E-state index is 0.234. The average molecular weight is 255 g/mol. The van der Waals surface area contributed by atoms with E-state index in [0.29, 0.717) is 11.3 Å². The molecule has 0 aliphatic carbocycles. The van der Waals surface area contributed by atoms with Gasteiger partial charge in [0.25, 0.3) is 0 Å². The van der Waals surface area contributed by atoms with Crippen LogP contribution in [0.3, 0.4) is 0 Å². The Balaban J connectivity index is 2.23. The van der Waals surface area contributed by atoms with E-state index >= 15 is 0 Å². The molecule has 0 aliphatic rings. The van der Waals surface area contributed by atoms with Crippen LogP contribution >= 0.6 is 0 Å². The molecule has 1 aromatic carbocycles. The van der Waals surface area contributed by atoms with Crippen LogP contribution in [0.2, 0.25) is 0 Å². The maximum absolute atomic E-state index is 13.8. The van der Waals surface area contributed by atoms with Crippen LogP contribution in [-0.2, 0) is 0 Å². The van der Waals surface area contributed by atoms with Crippen LogP contribution in [0.15, 0.2) is 53.3 Å².